The van der Waals surface area contributed by atoms with Crippen molar-refractivity contribution in [1.82, 2.24) is 29.1 Å². The van der Waals surface area contributed by atoms with Crippen molar-refractivity contribution in [2.24, 2.45) is 0 Å². The minimum Gasteiger partial charge on any atom is -0.381 e. The molecule has 3 heterocycles. The van der Waals surface area contributed by atoms with Crippen molar-refractivity contribution >= 4 is 39.5 Å². The highest BCUT2D eigenvalue weighted by atomic mass is 35.5. The highest BCUT2D eigenvalue weighted by Crippen LogP contribution is 2.32. The van der Waals surface area contributed by atoms with Crippen LogP contribution >= 0.6 is 11.6 Å². The van der Waals surface area contributed by atoms with Crippen LogP contribution in [0.15, 0.2) is 29.3 Å². The molecule has 5 rings (SSSR count). The Bertz CT molecular complexity index is 1360. The van der Waals surface area contributed by atoms with E-state index < -0.39 is 0 Å². The van der Waals surface area contributed by atoms with E-state index in [1.54, 1.807) is 40.8 Å². The van der Waals surface area contributed by atoms with Crippen molar-refractivity contribution in [3.8, 4) is 5.95 Å². The Morgan fingerprint density at radius 1 is 1.27 bits per heavy atom. The Kier molecular flexibility index (Phi) is 4.53. The van der Waals surface area contributed by atoms with Crippen molar-refractivity contribution < 1.29 is 4.74 Å². The summed E-state index contributed by atoms with van der Waals surface area (Å²) in [4.78, 5) is 32.4. The van der Waals surface area contributed by atoms with Crippen LogP contribution in [0.4, 0.5) is 5.69 Å². The third kappa shape index (κ3) is 2.96. The summed E-state index contributed by atoms with van der Waals surface area (Å²) in [5.74, 6) is 0.301. The maximum absolute atomic E-state index is 12.7. The van der Waals surface area contributed by atoms with Crippen LogP contribution in [-0.2, 0) is 4.74 Å². The van der Waals surface area contributed by atoms with Gasteiger partial charge in [0.05, 0.1) is 23.7 Å². The van der Waals surface area contributed by atoms with Crippen LogP contribution in [0.3, 0.4) is 0 Å². The van der Waals surface area contributed by atoms with Gasteiger partial charge in [0.15, 0.2) is 16.5 Å². The van der Waals surface area contributed by atoms with Crippen LogP contribution < -0.4 is 5.69 Å². The maximum atomic E-state index is 12.7. The number of nitrogens with zero attached hydrogens (tertiary/aromatic N) is 6. The zero-order chi connectivity index (χ0) is 20.8. The standard InChI is InChI=1S/C20H18ClN7O2/c1-22-11-3-8-14-15(9-11)27(10-23-14)19-25-17(21)16-18(26-19)28(20(29)24-16)12-4-6-13(30-2)7-5-12/h3,8-10,12-13H,4-7H2,2H3,(H,24,29)/t12-,13-. The second-order valence-electron chi connectivity index (χ2n) is 7.38. The molecule has 10 heteroatoms. The van der Waals surface area contributed by atoms with E-state index >= 15 is 0 Å². The summed E-state index contributed by atoms with van der Waals surface area (Å²) in [5, 5.41) is 0.166. The summed E-state index contributed by atoms with van der Waals surface area (Å²) in [6, 6.07) is 5.24. The first kappa shape index (κ1) is 18.8. The molecule has 1 N–H and O–H groups in total. The Morgan fingerprint density at radius 2 is 2.07 bits per heavy atom. The Hall–Kier alpha value is -3.22. The molecule has 152 valence electrons. The zero-order valence-electron chi connectivity index (χ0n) is 16.2. The van der Waals surface area contributed by atoms with Gasteiger partial charge in [0.1, 0.15) is 11.8 Å². The summed E-state index contributed by atoms with van der Waals surface area (Å²) in [7, 11) is 1.72. The Balaban J connectivity index is 1.65. The summed E-state index contributed by atoms with van der Waals surface area (Å²) >= 11 is 6.42. The highest BCUT2D eigenvalue weighted by Gasteiger charge is 2.26. The number of fused-ring (bicyclic) bond motifs is 2. The first-order valence-electron chi connectivity index (χ1n) is 9.64. The second kappa shape index (κ2) is 7.23. The summed E-state index contributed by atoms with van der Waals surface area (Å²) in [6.07, 6.45) is 5.24. The first-order chi connectivity index (χ1) is 14.6. The van der Waals surface area contributed by atoms with Gasteiger partial charge in [-0.2, -0.15) is 9.97 Å². The smallest absolute Gasteiger partial charge is 0.328 e. The number of aromatic nitrogens is 6. The van der Waals surface area contributed by atoms with Crippen molar-refractivity contribution in [2.45, 2.75) is 37.8 Å². The lowest BCUT2D eigenvalue weighted by Gasteiger charge is -2.28. The fourth-order valence-corrected chi connectivity index (χ4v) is 4.37. The number of nitrogens with one attached hydrogen (secondary N) is 1. The number of rotatable bonds is 3. The van der Waals surface area contributed by atoms with Crippen molar-refractivity contribution in [3.63, 3.8) is 0 Å². The average Bonchev–Trinajstić information content (AvgIpc) is 3.34. The monoisotopic (exact) mass is 423 g/mol. The van der Waals surface area contributed by atoms with E-state index in [9.17, 15) is 4.79 Å². The molecule has 4 aromatic rings. The SMILES string of the molecule is [C-]#[N+]c1ccc2ncn(-c3nc(Cl)c4[nH]c(=O)n([C@H]5CC[C@H](OC)CC5)c4n3)c2c1. The normalized spacial score (nSPS) is 19.4. The lowest BCUT2D eigenvalue weighted by molar-refractivity contribution is 0.0585. The molecule has 0 atom stereocenters. The van der Waals surface area contributed by atoms with Gasteiger partial charge in [-0.1, -0.05) is 17.7 Å². The van der Waals surface area contributed by atoms with E-state index in [1.807, 2.05) is 0 Å². The minimum atomic E-state index is -0.245. The Morgan fingerprint density at radius 3 is 2.80 bits per heavy atom. The van der Waals surface area contributed by atoms with Gasteiger partial charge < -0.3 is 9.72 Å². The maximum Gasteiger partial charge on any atom is 0.328 e. The van der Waals surface area contributed by atoms with Crippen LogP contribution in [0.25, 0.3) is 33.0 Å². The number of benzene rings is 1. The van der Waals surface area contributed by atoms with Crippen LogP contribution in [0.5, 0.6) is 0 Å². The largest absolute Gasteiger partial charge is 0.381 e. The fraction of sp³-hybridized carbons (Fsp3) is 0.350. The third-order valence-corrected chi connectivity index (χ3v) is 6.00. The van der Waals surface area contributed by atoms with E-state index in [-0.39, 0.29) is 23.0 Å². The Labute approximate surface area is 176 Å². The molecule has 1 aliphatic carbocycles. The molecule has 9 nitrogen and oxygen atoms in total. The van der Waals surface area contributed by atoms with Gasteiger partial charge in [0, 0.05) is 13.2 Å². The molecule has 1 saturated carbocycles. The topological polar surface area (TPSA) is 95.0 Å². The van der Waals surface area contributed by atoms with Gasteiger partial charge in [0.2, 0.25) is 5.95 Å². The van der Waals surface area contributed by atoms with Crippen LogP contribution in [0, 0.1) is 6.57 Å². The zero-order valence-corrected chi connectivity index (χ0v) is 16.9. The molecule has 1 aromatic carbocycles. The van der Waals surface area contributed by atoms with E-state index in [1.165, 1.54) is 0 Å². The molecular weight excluding hydrogens is 406 g/mol. The molecule has 0 radical (unpaired) electrons. The van der Waals surface area contributed by atoms with Gasteiger partial charge in [0.25, 0.3) is 0 Å². The number of H-pyrrole nitrogens is 1. The van der Waals surface area contributed by atoms with E-state index in [0.29, 0.717) is 33.8 Å². The molecular formula is C20H18ClN7O2. The van der Waals surface area contributed by atoms with Crippen molar-refractivity contribution in [1.29, 1.82) is 0 Å². The minimum absolute atomic E-state index is 0.0183. The van der Waals surface area contributed by atoms with E-state index in [0.717, 1.165) is 25.7 Å². The van der Waals surface area contributed by atoms with Gasteiger partial charge >= 0.3 is 5.69 Å². The van der Waals surface area contributed by atoms with Gasteiger partial charge in [-0.15, -0.1) is 0 Å². The lowest BCUT2D eigenvalue weighted by atomic mass is 9.93. The summed E-state index contributed by atoms with van der Waals surface area (Å²) in [6.45, 7) is 7.25. The number of aromatic amines is 1. The van der Waals surface area contributed by atoms with Crippen LogP contribution in [-0.4, -0.2) is 42.3 Å². The molecule has 0 amide bonds. The molecule has 30 heavy (non-hydrogen) atoms. The van der Waals surface area contributed by atoms with Crippen LogP contribution in [0.2, 0.25) is 5.15 Å². The number of hydrogen-bond donors (Lipinski definition) is 1. The lowest BCUT2D eigenvalue weighted by Crippen LogP contribution is -2.28. The van der Waals surface area contributed by atoms with Crippen molar-refractivity contribution in [2.75, 3.05) is 7.11 Å². The molecule has 0 unspecified atom stereocenters. The summed E-state index contributed by atoms with van der Waals surface area (Å²) in [5.41, 5.74) is 2.55. The molecule has 1 aliphatic rings. The number of imidazole rings is 2. The second-order valence-corrected chi connectivity index (χ2v) is 7.74. The van der Waals surface area contributed by atoms with E-state index in [2.05, 4.69) is 24.8 Å². The van der Waals surface area contributed by atoms with Gasteiger partial charge in [-0.25, -0.2) is 14.6 Å². The number of halogens is 1. The van der Waals surface area contributed by atoms with E-state index in [4.69, 9.17) is 22.9 Å². The molecule has 0 saturated heterocycles. The number of hydrogen-bond acceptors (Lipinski definition) is 5. The number of methoxy groups -OCH3 is 1. The fourth-order valence-electron chi connectivity index (χ4n) is 4.17. The molecule has 3 aromatic heterocycles. The van der Waals surface area contributed by atoms with Crippen LogP contribution in [0.1, 0.15) is 31.7 Å². The number of ether oxygens (including phenoxy) is 1. The van der Waals surface area contributed by atoms with Gasteiger partial charge in [-0.3, -0.25) is 9.13 Å². The highest BCUT2D eigenvalue weighted by molar-refractivity contribution is 6.33. The predicted molar refractivity (Wildman–Crippen MR) is 112 cm³/mol. The average molecular weight is 424 g/mol. The molecule has 0 aliphatic heterocycles. The predicted octanol–water partition coefficient (Wildman–Crippen LogP) is 3.79. The third-order valence-electron chi connectivity index (χ3n) is 5.73. The van der Waals surface area contributed by atoms with Gasteiger partial charge in [-0.05, 0) is 37.8 Å². The molecule has 1 fully saturated rings. The van der Waals surface area contributed by atoms with Crippen molar-refractivity contribution in [3.05, 3.63) is 51.6 Å². The first-order valence-corrected chi connectivity index (χ1v) is 10.0. The molecule has 0 spiro atoms. The quantitative estimate of drug-likeness (QED) is 0.399. The molecule has 0 bridgehead atoms. The summed E-state index contributed by atoms with van der Waals surface area (Å²) < 4.78 is 8.81.